The van der Waals surface area contributed by atoms with Gasteiger partial charge in [0.1, 0.15) is 18.0 Å². The highest BCUT2D eigenvalue weighted by atomic mass is 16.6. The third kappa shape index (κ3) is 6.04. The maximum atomic E-state index is 12.2. The van der Waals surface area contributed by atoms with Crippen molar-refractivity contribution in [1.29, 1.82) is 0 Å². The topological polar surface area (TPSA) is 110 Å². The quantitative estimate of drug-likeness (QED) is 0.516. The maximum absolute atomic E-state index is 12.2. The van der Waals surface area contributed by atoms with E-state index >= 15 is 0 Å². The number of carbonyl (C=O) groups excluding carboxylic acids is 1. The van der Waals surface area contributed by atoms with E-state index in [1.165, 1.54) is 6.20 Å². The summed E-state index contributed by atoms with van der Waals surface area (Å²) in [6.45, 7) is 5.85. The molecule has 0 radical (unpaired) electrons. The van der Waals surface area contributed by atoms with Gasteiger partial charge < -0.3 is 20.3 Å². The molecule has 2 heterocycles. The lowest BCUT2D eigenvalue weighted by atomic mass is 9.85. The molecule has 1 saturated heterocycles. The van der Waals surface area contributed by atoms with Gasteiger partial charge in [-0.25, -0.2) is 4.98 Å². The van der Waals surface area contributed by atoms with Gasteiger partial charge >= 0.3 is 5.69 Å². The number of amides is 1. The van der Waals surface area contributed by atoms with Crippen molar-refractivity contribution in [3.05, 3.63) is 22.4 Å². The Balaban J connectivity index is 1.61. The van der Waals surface area contributed by atoms with Crippen molar-refractivity contribution in [2.75, 3.05) is 25.5 Å². The van der Waals surface area contributed by atoms with Crippen molar-refractivity contribution >= 4 is 17.3 Å². The number of pyridine rings is 1. The Morgan fingerprint density at radius 3 is 2.50 bits per heavy atom. The normalized spacial score (nSPS) is 23.2. The molecule has 2 N–H and O–H groups in total. The highest BCUT2D eigenvalue weighted by Crippen LogP contribution is 2.32. The van der Waals surface area contributed by atoms with Crippen molar-refractivity contribution in [2.24, 2.45) is 5.92 Å². The van der Waals surface area contributed by atoms with E-state index in [0.717, 1.165) is 51.6 Å². The molecule has 9 nitrogen and oxygen atoms in total. The van der Waals surface area contributed by atoms with Gasteiger partial charge in [-0.15, -0.1) is 0 Å². The molecule has 0 aromatic carbocycles. The Kier molecular flexibility index (Phi) is 7.47. The first kappa shape index (κ1) is 22.3. The van der Waals surface area contributed by atoms with Crippen molar-refractivity contribution in [2.45, 2.75) is 70.6 Å². The van der Waals surface area contributed by atoms with Gasteiger partial charge in [-0.2, -0.15) is 0 Å². The summed E-state index contributed by atoms with van der Waals surface area (Å²) in [7, 11) is 2.09. The Labute approximate surface area is 177 Å². The molecular weight excluding hydrogens is 386 g/mol. The Morgan fingerprint density at radius 2 is 1.90 bits per heavy atom. The fraction of sp³-hybridized carbons (Fsp3) is 0.714. The van der Waals surface area contributed by atoms with E-state index in [2.05, 4.69) is 27.6 Å². The number of aromatic nitrogens is 1. The van der Waals surface area contributed by atoms with Crippen LogP contribution in [0.25, 0.3) is 0 Å². The molecule has 1 aliphatic heterocycles. The molecule has 2 fully saturated rings. The molecule has 1 aliphatic carbocycles. The van der Waals surface area contributed by atoms with Crippen LogP contribution in [0.1, 0.15) is 52.4 Å². The van der Waals surface area contributed by atoms with E-state index in [-0.39, 0.29) is 35.7 Å². The van der Waals surface area contributed by atoms with E-state index in [1.54, 1.807) is 6.07 Å². The second-order valence-corrected chi connectivity index (χ2v) is 8.77. The number of carbonyl (C=O) groups is 1. The van der Waals surface area contributed by atoms with Crippen LogP contribution in [-0.2, 0) is 4.79 Å². The highest BCUT2D eigenvalue weighted by molar-refractivity contribution is 5.79. The van der Waals surface area contributed by atoms with Gasteiger partial charge in [0.2, 0.25) is 11.8 Å². The summed E-state index contributed by atoms with van der Waals surface area (Å²) in [5.74, 6) is 0.538. The number of hydrogen-bond acceptors (Lipinski definition) is 7. The minimum Gasteiger partial charge on any atom is -0.474 e. The SMILES string of the molecule is CC(C)NC(=O)[C@H]1CC[C@@H](Nc2cc(OC3CCN(C)CC3)ncc2[N+](=O)[O-])CC1. The summed E-state index contributed by atoms with van der Waals surface area (Å²) in [5.41, 5.74) is 0.387. The standard InChI is InChI=1S/C21H33N5O4/c1-14(2)23-21(27)15-4-6-16(7-5-15)24-18-12-20(22-13-19(18)26(28)29)30-17-8-10-25(3)11-9-17/h12-17H,4-11H2,1-3H3,(H,22,24)(H,23,27)/t15-,16+. The fourth-order valence-electron chi connectivity index (χ4n) is 4.15. The van der Waals surface area contributed by atoms with Gasteiger partial charge in [-0.05, 0) is 59.4 Å². The maximum Gasteiger partial charge on any atom is 0.310 e. The van der Waals surface area contributed by atoms with Crippen LogP contribution in [0.15, 0.2) is 12.3 Å². The van der Waals surface area contributed by atoms with Crippen LogP contribution in [0.3, 0.4) is 0 Å². The fourth-order valence-corrected chi connectivity index (χ4v) is 4.15. The third-order valence-corrected chi connectivity index (χ3v) is 5.90. The van der Waals surface area contributed by atoms with E-state index in [1.807, 2.05) is 13.8 Å². The Bertz CT molecular complexity index is 741. The molecule has 1 amide bonds. The number of nitro groups is 1. The van der Waals surface area contributed by atoms with Crippen molar-refractivity contribution in [3.63, 3.8) is 0 Å². The number of ether oxygens (including phenoxy) is 1. The number of anilines is 1. The smallest absolute Gasteiger partial charge is 0.310 e. The van der Waals surface area contributed by atoms with Gasteiger partial charge in [-0.3, -0.25) is 14.9 Å². The zero-order valence-corrected chi connectivity index (χ0v) is 18.1. The van der Waals surface area contributed by atoms with Crippen LogP contribution in [0.2, 0.25) is 0 Å². The van der Waals surface area contributed by atoms with Crippen LogP contribution < -0.4 is 15.4 Å². The van der Waals surface area contributed by atoms with Crippen LogP contribution >= 0.6 is 0 Å². The number of piperidine rings is 1. The molecule has 0 atom stereocenters. The molecule has 9 heteroatoms. The number of likely N-dealkylation sites (tertiary alicyclic amines) is 1. The second-order valence-electron chi connectivity index (χ2n) is 8.77. The molecule has 1 saturated carbocycles. The summed E-state index contributed by atoms with van der Waals surface area (Å²) in [6.07, 6.45) is 6.32. The minimum atomic E-state index is -0.420. The van der Waals surface area contributed by atoms with Gasteiger partial charge in [0, 0.05) is 37.2 Å². The molecule has 0 spiro atoms. The first-order valence-corrected chi connectivity index (χ1v) is 10.9. The van der Waals surface area contributed by atoms with Gasteiger partial charge in [-0.1, -0.05) is 0 Å². The lowest BCUT2D eigenvalue weighted by molar-refractivity contribution is -0.384. The van der Waals surface area contributed by atoms with Crippen molar-refractivity contribution < 1.29 is 14.5 Å². The molecule has 1 aromatic heterocycles. The average Bonchev–Trinajstić information content (AvgIpc) is 2.70. The summed E-state index contributed by atoms with van der Waals surface area (Å²) < 4.78 is 6.00. The lowest BCUT2D eigenvalue weighted by Crippen LogP contribution is -2.39. The van der Waals surface area contributed by atoms with Gasteiger partial charge in [0.05, 0.1) is 4.92 Å². The van der Waals surface area contributed by atoms with E-state index in [9.17, 15) is 14.9 Å². The first-order valence-electron chi connectivity index (χ1n) is 10.9. The predicted octanol–water partition coefficient (Wildman–Crippen LogP) is 2.96. The zero-order valence-electron chi connectivity index (χ0n) is 18.1. The molecule has 1 aromatic rings. The number of hydrogen-bond donors (Lipinski definition) is 2. The van der Waals surface area contributed by atoms with Crippen LogP contribution in [0.4, 0.5) is 11.4 Å². The average molecular weight is 420 g/mol. The summed E-state index contributed by atoms with van der Waals surface area (Å²) in [5, 5.41) is 17.8. The molecule has 3 rings (SSSR count). The lowest BCUT2D eigenvalue weighted by Gasteiger charge is -2.30. The summed E-state index contributed by atoms with van der Waals surface area (Å²) in [4.78, 5) is 29.7. The highest BCUT2D eigenvalue weighted by Gasteiger charge is 2.28. The summed E-state index contributed by atoms with van der Waals surface area (Å²) in [6, 6.07) is 1.87. The number of rotatable bonds is 7. The minimum absolute atomic E-state index is 0.0150. The largest absolute Gasteiger partial charge is 0.474 e. The first-order chi connectivity index (χ1) is 14.3. The van der Waals surface area contributed by atoms with Crippen molar-refractivity contribution in [1.82, 2.24) is 15.2 Å². The third-order valence-electron chi connectivity index (χ3n) is 5.90. The van der Waals surface area contributed by atoms with Crippen LogP contribution in [-0.4, -0.2) is 59.0 Å². The Hall–Kier alpha value is -2.42. The zero-order chi connectivity index (χ0) is 21.7. The van der Waals surface area contributed by atoms with Gasteiger partial charge in [0.25, 0.3) is 0 Å². The van der Waals surface area contributed by atoms with Crippen LogP contribution in [0, 0.1) is 16.0 Å². The van der Waals surface area contributed by atoms with Crippen molar-refractivity contribution in [3.8, 4) is 5.88 Å². The second kappa shape index (κ2) is 10.1. The monoisotopic (exact) mass is 419 g/mol. The number of nitrogens with one attached hydrogen (secondary N) is 2. The number of nitrogens with zero attached hydrogens (tertiary/aromatic N) is 3. The Morgan fingerprint density at radius 1 is 1.23 bits per heavy atom. The molecule has 166 valence electrons. The van der Waals surface area contributed by atoms with Gasteiger partial charge in [0.15, 0.2) is 0 Å². The molecular formula is C21H33N5O4. The van der Waals surface area contributed by atoms with E-state index in [4.69, 9.17) is 4.74 Å². The predicted molar refractivity (Wildman–Crippen MR) is 115 cm³/mol. The molecule has 0 unspecified atom stereocenters. The van der Waals surface area contributed by atoms with Crippen LogP contribution in [0.5, 0.6) is 5.88 Å². The summed E-state index contributed by atoms with van der Waals surface area (Å²) >= 11 is 0. The molecule has 30 heavy (non-hydrogen) atoms. The van der Waals surface area contributed by atoms with E-state index in [0.29, 0.717) is 11.6 Å². The molecule has 0 bridgehead atoms. The van der Waals surface area contributed by atoms with E-state index < -0.39 is 4.92 Å². The molecule has 2 aliphatic rings.